The van der Waals surface area contributed by atoms with Crippen molar-refractivity contribution in [3.05, 3.63) is 78.7 Å². The molecule has 21 heavy (non-hydrogen) atoms. The molecule has 0 saturated heterocycles. The highest BCUT2D eigenvalue weighted by Gasteiger charge is 2.12. The second-order valence-corrected chi connectivity index (χ2v) is 4.74. The highest BCUT2D eigenvalue weighted by atomic mass is 16.4. The van der Waals surface area contributed by atoms with Crippen molar-refractivity contribution in [2.75, 3.05) is 0 Å². The van der Waals surface area contributed by atoms with Gasteiger partial charge < -0.3 is 4.42 Å². The van der Waals surface area contributed by atoms with Crippen molar-refractivity contribution in [2.24, 2.45) is 4.99 Å². The van der Waals surface area contributed by atoms with Crippen molar-refractivity contribution >= 4 is 27.4 Å². The molecule has 2 aromatic carbocycles. The molecule has 2 heterocycles. The van der Waals surface area contributed by atoms with E-state index in [2.05, 4.69) is 4.99 Å². The molecule has 0 unspecified atom stereocenters. The van der Waals surface area contributed by atoms with Gasteiger partial charge in [-0.3, -0.25) is 0 Å². The van der Waals surface area contributed by atoms with Crippen LogP contribution in [0.4, 0.5) is 5.88 Å². The monoisotopic (exact) mass is 274 g/mol. The average Bonchev–Trinajstić information content (AvgIpc) is 2.56. The summed E-state index contributed by atoms with van der Waals surface area (Å²) in [6.07, 6.45) is 3.29. The fraction of sp³-hybridized carbons (Fsp3) is 0. The number of nitrogens with zero attached hydrogens (tertiary/aromatic N) is 1. The molecule has 4 rings (SSSR count). The molecule has 0 saturated carbocycles. The third-order valence-corrected chi connectivity index (χ3v) is 3.44. The minimum absolute atomic E-state index is 0.549. The lowest BCUT2D eigenvalue weighted by Gasteiger charge is -1.95. The third kappa shape index (κ3) is 2.09. The van der Waals surface area contributed by atoms with E-state index in [4.69, 9.17) is 8.83 Å². The van der Waals surface area contributed by atoms with Gasteiger partial charge in [0.25, 0.3) is 0 Å². The van der Waals surface area contributed by atoms with Gasteiger partial charge in [-0.1, -0.05) is 36.4 Å². The van der Waals surface area contributed by atoms with E-state index in [0.717, 1.165) is 21.5 Å². The molecule has 4 aromatic rings. The second-order valence-electron chi connectivity index (χ2n) is 4.74. The molecule has 0 fully saturated rings. The Kier molecular flexibility index (Phi) is 2.75. The van der Waals surface area contributed by atoms with Gasteiger partial charge in [0, 0.05) is 16.8 Å². The van der Waals surface area contributed by atoms with Crippen LogP contribution in [0, 0.1) is 0 Å². The maximum Gasteiger partial charge on any atom is 0.463 e. The molecule has 0 radical (unpaired) electrons. The first-order valence-corrected chi connectivity index (χ1v) is 6.73. The summed E-state index contributed by atoms with van der Waals surface area (Å²) in [5.41, 5.74) is 0.549. The van der Waals surface area contributed by atoms with Crippen LogP contribution >= 0.6 is 0 Å². The van der Waals surface area contributed by atoms with Crippen molar-refractivity contribution in [3.8, 4) is 0 Å². The normalized spacial score (nSPS) is 12.1. The van der Waals surface area contributed by atoms with Gasteiger partial charge in [-0.2, -0.15) is 4.42 Å². The maximum atomic E-state index is 5.57. The minimum Gasteiger partial charge on any atom is -0.446 e. The molecule has 0 spiro atoms. The van der Waals surface area contributed by atoms with Crippen LogP contribution in [-0.4, -0.2) is 0 Å². The van der Waals surface area contributed by atoms with Gasteiger partial charge in [0.2, 0.25) is 5.55 Å². The molecule has 2 aromatic heterocycles. The van der Waals surface area contributed by atoms with Crippen LogP contribution in [0.25, 0.3) is 21.5 Å². The highest BCUT2D eigenvalue weighted by Crippen LogP contribution is 2.25. The summed E-state index contributed by atoms with van der Waals surface area (Å²) in [5, 5.41) is 4.09. The Labute approximate surface area is 120 Å². The van der Waals surface area contributed by atoms with Gasteiger partial charge >= 0.3 is 12.1 Å². The van der Waals surface area contributed by atoms with Crippen molar-refractivity contribution in [2.45, 2.75) is 0 Å². The fourth-order valence-electron chi connectivity index (χ4n) is 2.41. The third-order valence-electron chi connectivity index (χ3n) is 3.44. The highest BCUT2D eigenvalue weighted by molar-refractivity contribution is 5.89. The van der Waals surface area contributed by atoms with Crippen LogP contribution in [0.15, 0.2) is 87.0 Å². The van der Waals surface area contributed by atoms with E-state index in [9.17, 15) is 0 Å². The number of fused-ring (bicyclic) bond motifs is 2. The first kappa shape index (κ1) is 11.9. The summed E-state index contributed by atoms with van der Waals surface area (Å²) in [4.78, 5) is 4.56. The van der Waals surface area contributed by atoms with E-state index >= 15 is 0 Å². The summed E-state index contributed by atoms with van der Waals surface area (Å²) < 4.78 is 11.1. The fourth-order valence-corrected chi connectivity index (χ4v) is 2.41. The summed E-state index contributed by atoms with van der Waals surface area (Å²) in [6.45, 7) is 0. The smallest absolute Gasteiger partial charge is 0.446 e. The molecule has 0 amide bonds. The van der Waals surface area contributed by atoms with Crippen molar-refractivity contribution in [1.82, 2.24) is 0 Å². The zero-order valence-corrected chi connectivity index (χ0v) is 11.2. The van der Waals surface area contributed by atoms with Crippen LogP contribution in [0.2, 0.25) is 0 Å². The van der Waals surface area contributed by atoms with Gasteiger partial charge in [0.05, 0.1) is 6.26 Å². The summed E-state index contributed by atoms with van der Waals surface area (Å²) in [5.74, 6) is 0.549. The molecule has 0 atom stereocenters. The zero-order valence-electron chi connectivity index (χ0n) is 11.2. The van der Waals surface area contributed by atoms with E-state index < -0.39 is 0 Å². The predicted molar refractivity (Wildman–Crippen MR) is 82.1 cm³/mol. The predicted octanol–water partition coefficient (Wildman–Crippen LogP) is 4.69. The Balaban J connectivity index is 2.05. The van der Waals surface area contributed by atoms with Gasteiger partial charge in [-0.25, -0.2) is 0 Å². The molecule has 3 heteroatoms. The Morgan fingerprint density at radius 2 is 1.48 bits per heavy atom. The standard InChI is InChI=1S/C18H12NO2/c1-3-7-15-13(5-1)9-11-20-17(15)19-18-16-8-4-2-6-14(16)10-12-21-18/h1-12H/q+1. The molecule has 0 N–H and O–H groups in total. The van der Waals surface area contributed by atoms with Crippen molar-refractivity contribution in [1.29, 1.82) is 0 Å². The van der Waals surface area contributed by atoms with Crippen LogP contribution in [0.3, 0.4) is 0 Å². The molecule has 0 aliphatic carbocycles. The second kappa shape index (κ2) is 4.87. The van der Waals surface area contributed by atoms with Gasteiger partial charge in [-0.05, 0) is 23.6 Å². The quantitative estimate of drug-likeness (QED) is 0.472. The Morgan fingerprint density at radius 3 is 2.33 bits per heavy atom. The lowest BCUT2D eigenvalue weighted by Crippen LogP contribution is -2.00. The Morgan fingerprint density at radius 1 is 0.762 bits per heavy atom. The molecule has 3 nitrogen and oxygen atoms in total. The van der Waals surface area contributed by atoms with Crippen LogP contribution in [-0.2, 0) is 0 Å². The van der Waals surface area contributed by atoms with E-state index in [-0.39, 0.29) is 0 Å². The van der Waals surface area contributed by atoms with E-state index in [0.29, 0.717) is 11.4 Å². The number of rotatable bonds is 1. The molecular formula is C18H12NO2+. The van der Waals surface area contributed by atoms with Gasteiger partial charge in [-0.15, -0.1) is 4.99 Å². The first-order valence-electron chi connectivity index (χ1n) is 6.73. The summed E-state index contributed by atoms with van der Waals surface area (Å²) >= 11 is 0. The molecule has 100 valence electrons. The number of hydrogen-bond donors (Lipinski definition) is 0. The lowest BCUT2D eigenvalue weighted by atomic mass is 10.2. The maximum absolute atomic E-state index is 5.57. The van der Waals surface area contributed by atoms with Crippen molar-refractivity contribution in [3.63, 3.8) is 0 Å². The average molecular weight is 274 g/mol. The summed E-state index contributed by atoms with van der Waals surface area (Å²) in [7, 11) is 0. The lowest BCUT2D eigenvalue weighted by molar-refractivity contribution is 0.493. The van der Waals surface area contributed by atoms with Gasteiger partial charge in [0.15, 0.2) is 0 Å². The Hall–Kier alpha value is -2.94. The van der Waals surface area contributed by atoms with E-state index in [1.54, 1.807) is 12.5 Å². The molecule has 0 bridgehead atoms. The Bertz CT molecular complexity index is 992. The minimum atomic E-state index is 0.549. The molecule has 0 aliphatic rings. The van der Waals surface area contributed by atoms with Crippen LogP contribution < -0.4 is 5.55 Å². The van der Waals surface area contributed by atoms with E-state index in [1.807, 2.05) is 60.7 Å². The SMILES string of the molecule is c1ccc2c(N=c3occc4ccccc34)[o+]ccc2c1. The van der Waals surface area contributed by atoms with E-state index in [1.165, 1.54) is 0 Å². The zero-order chi connectivity index (χ0) is 14.1. The van der Waals surface area contributed by atoms with Crippen molar-refractivity contribution < 1.29 is 8.83 Å². The van der Waals surface area contributed by atoms with Gasteiger partial charge in [0.1, 0.15) is 5.39 Å². The largest absolute Gasteiger partial charge is 0.463 e. The summed E-state index contributed by atoms with van der Waals surface area (Å²) in [6, 6.07) is 19.8. The number of benzene rings is 2. The topological polar surface area (TPSA) is 36.8 Å². The first-order chi connectivity index (χ1) is 10.4. The number of hydrogen-bond acceptors (Lipinski definition) is 2. The molecular weight excluding hydrogens is 262 g/mol. The van der Waals surface area contributed by atoms with Crippen LogP contribution in [0.5, 0.6) is 0 Å². The molecule has 0 aliphatic heterocycles. The van der Waals surface area contributed by atoms with Crippen LogP contribution in [0.1, 0.15) is 0 Å².